The summed E-state index contributed by atoms with van der Waals surface area (Å²) >= 11 is 3.35. The van der Waals surface area contributed by atoms with E-state index in [1.165, 1.54) is 15.6 Å². The Bertz CT molecular complexity index is 691. The van der Waals surface area contributed by atoms with E-state index in [1.807, 2.05) is 11.4 Å². The molecule has 3 heteroatoms. The number of hydrogen-bond acceptors (Lipinski definition) is 3. The van der Waals surface area contributed by atoms with E-state index in [0.29, 0.717) is 0 Å². The molecule has 1 nitrogen and oxygen atoms in total. The summed E-state index contributed by atoms with van der Waals surface area (Å²) in [4.78, 5) is 1.02. The van der Waals surface area contributed by atoms with E-state index >= 15 is 0 Å². The summed E-state index contributed by atoms with van der Waals surface area (Å²) in [5.41, 5.74) is 2.35. The molecule has 0 saturated heterocycles. The standard InChI is InChI=1S/C15H12OS2/c16-9-15-11(7-8-17-15)5-6-12-10-18-14-4-2-1-3-13(12)14/h1-8,10,16H,9H2. The minimum absolute atomic E-state index is 0.113. The van der Waals surface area contributed by atoms with Gasteiger partial charge in [-0.15, -0.1) is 22.7 Å². The smallest absolute Gasteiger partial charge is 0.0780 e. The highest BCUT2D eigenvalue weighted by Crippen LogP contribution is 2.28. The summed E-state index contributed by atoms with van der Waals surface area (Å²) in [6.07, 6.45) is 4.20. The first-order chi connectivity index (χ1) is 8.88. The van der Waals surface area contributed by atoms with Gasteiger partial charge in [-0.25, -0.2) is 0 Å². The normalized spacial score (nSPS) is 11.6. The second-order valence-electron chi connectivity index (χ2n) is 3.98. The van der Waals surface area contributed by atoms with Gasteiger partial charge in [0, 0.05) is 9.58 Å². The van der Waals surface area contributed by atoms with Crippen LogP contribution in [0.1, 0.15) is 16.0 Å². The second kappa shape index (κ2) is 5.06. The first-order valence-electron chi connectivity index (χ1n) is 5.70. The van der Waals surface area contributed by atoms with Gasteiger partial charge in [0.05, 0.1) is 6.61 Å². The molecule has 3 aromatic rings. The fourth-order valence-corrected chi connectivity index (χ4v) is 3.59. The van der Waals surface area contributed by atoms with E-state index in [-0.39, 0.29) is 6.61 Å². The molecule has 1 aromatic carbocycles. The fourth-order valence-electron chi connectivity index (χ4n) is 1.93. The van der Waals surface area contributed by atoms with E-state index in [0.717, 1.165) is 10.4 Å². The van der Waals surface area contributed by atoms with Crippen LogP contribution in [-0.2, 0) is 6.61 Å². The van der Waals surface area contributed by atoms with E-state index in [2.05, 4.69) is 41.8 Å². The average Bonchev–Trinajstić information content (AvgIpc) is 3.02. The molecule has 90 valence electrons. The van der Waals surface area contributed by atoms with Gasteiger partial charge in [-0.3, -0.25) is 0 Å². The molecule has 2 aromatic heterocycles. The molecule has 0 bridgehead atoms. The van der Waals surface area contributed by atoms with Gasteiger partial charge in [0.15, 0.2) is 0 Å². The van der Waals surface area contributed by atoms with Crippen molar-refractivity contribution in [3.05, 3.63) is 57.1 Å². The van der Waals surface area contributed by atoms with Crippen LogP contribution in [0.4, 0.5) is 0 Å². The molecule has 2 heterocycles. The van der Waals surface area contributed by atoms with E-state index in [4.69, 9.17) is 0 Å². The molecule has 1 N–H and O–H groups in total. The number of aliphatic hydroxyl groups excluding tert-OH is 1. The Morgan fingerprint density at radius 1 is 1.00 bits per heavy atom. The molecular weight excluding hydrogens is 260 g/mol. The minimum Gasteiger partial charge on any atom is -0.391 e. The predicted molar refractivity (Wildman–Crippen MR) is 81.0 cm³/mol. The highest BCUT2D eigenvalue weighted by Gasteiger charge is 2.01. The molecule has 0 spiro atoms. The van der Waals surface area contributed by atoms with Crippen molar-refractivity contribution in [1.82, 2.24) is 0 Å². The van der Waals surface area contributed by atoms with Gasteiger partial charge in [0.2, 0.25) is 0 Å². The lowest BCUT2D eigenvalue weighted by atomic mass is 10.1. The maximum absolute atomic E-state index is 9.21. The maximum Gasteiger partial charge on any atom is 0.0780 e. The van der Waals surface area contributed by atoms with Crippen molar-refractivity contribution in [1.29, 1.82) is 0 Å². The number of thiophene rings is 2. The van der Waals surface area contributed by atoms with Crippen LogP contribution in [0.2, 0.25) is 0 Å². The molecular formula is C15H12OS2. The molecule has 0 fully saturated rings. The summed E-state index contributed by atoms with van der Waals surface area (Å²) in [7, 11) is 0. The SMILES string of the molecule is OCc1sccc1C=Cc1csc2ccccc12. The molecule has 18 heavy (non-hydrogen) atoms. The third-order valence-corrected chi connectivity index (χ3v) is 4.78. The molecule has 0 aliphatic heterocycles. The molecule has 0 radical (unpaired) electrons. The molecule has 0 aliphatic rings. The summed E-state index contributed by atoms with van der Waals surface area (Å²) in [5, 5.41) is 14.7. The van der Waals surface area contributed by atoms with E-state index in [1.54, 1.807) is 22.7 Å². The Hall–Kier alpha value is -1.42. The minimum atomic E-state index is 0.113. The molecule has 3 rings (SSSR count). The summed E-state index contributed by atoms with van der Waals surface area (Å²) in [6.45, 7) is 0.113. The molecule has 0 unspecified atom stereocenters. The Morgan fingerprint density at radius 3 is 2.72 bits per heavy atom. The zero-order valence-corrected chi connectivity index (χ0v) is 11.3. The van der Waals surface area contributed by atoms with Crippen LogP contribution in [0, 0.1) is 0 Å². The highest BCUT2D eigenvalue weighted by atomic mass is 32.1. The quantitative estimate of drug-likeness (QED) is 0.737. The lowest BCUT2D eigenvalue weighted by Gasteiger charge is -1.94. The number of benzene rings is 1. The van der Waals surface area contributed by atoms with Gasteiger partial charge in [-0.05, 0) is 39.4 Å². The molecule has 0 aliphatic carbocycles. The van der Waals surface area contributed by atoms with Gasteiger partial charge in [0.1, 0.15) is 0 Å². The zero-order chi connectivity index (χ0) is 12.4. The topological polar surface area (TPSA) is 20.2 Å². The van der Waals surface area contributed by atoms with Crippen molar-refractivity contribution < 1.29 is 5.11 Å². The number of rotatable bonds is 3. The van der Waals surface area contributed by atoms with Gasteiger partial charge in [0.25, 0.3) is 0 Å². The number of fused-ring (bicyclic) bond motifs is 1. The average molecular weight is 272 g/mol. The van der Waals surface area contributed by atoms with Gasteiger partial charge < -0.3 is 5.11 Å². The molecule has 0 amide bonds. The first-order valence-corrected chi connectivity index (χ1v) is 7.46. The lowest BCUT2D eigenvalue weighted by molar-refractivity contribution is 0.285. The van der Waals surface area contributed by atoms with Crippen molar-refractivity contribution >= 4 is 44.9 Å². The van der Waals surface area contributed by atoms with Crippen molar-refractivity contribution in [3.8, 4) is 0 Å². The molecule has 0 atom stereocenters. The Labute approximate surface area is 114 Å². The fraction of sp³-hybridized carbons (Fsp3) is 0.0667. The van der Waals surface area contributed by atoms with Crippen LogP contribution >= 0.6 is 22.7 Å². The third-order valence-electron chi connectivity index (χ3n) is 2.88. The summed E-state index contributed by atoms with van der Waals surface area (Å²) in [6, 6.07) is 10.5. The Balaban J connectivity index is 1.97. The van der Waals surface area contributed by atoms with Crippen LogP contribution in [0.5, 0.6) is 0 Å². The van der Waals surface area contributed by atoms with Crippen LogP contribution in [0.15, 0.2) is 41.1 Å². The van der Waals surface area contributed by atoms with Crippen LogP contribution in [-0.4, -0.2) is 5.11 Å². The Kier molecular flexibility index (Phi) is 3.28. The molecule has 0 saturated carbocycles. The van der Waals surface area contributed by atoms with Crippen LogP contribution in [0.3, 0.4) is 0 Å². The summed E-state index contributed by atoms with van der Waals surface area (Å²) in [5.74, 6) is 0. The third kappa shape index (κ3) is 2.12. The van der Waals surface area contributed by atoms with E-state index < -0.39 is 0 Å². The van der Waals surface area contributed by atoms with Crippen LogP contribution in [0.25, 0.3) is 22.2 Å². The van der Waals surface area contributed by atoms with Crippen molar-refractivity contribution in [3.63, 3.8) is 0 Å². The van der Waals surface area contributed by atoms with E-state index in [9.17, 15) is 5.11 Å². The van der Waals surface area contributed by atoms with Crippen molar-refractivity contribution in [2.24, 2.45) is 0 Å². The van der Waals surface area contributed by atoms with Gasteiger partial charge in [-0.1, -0.05) is 30.4 Å². The number of hydrogen-bond donors (Lipinski definition) is 1. The monoisotopic (exact) mass is 272 g/mol. The summed E-state index contributed by atoms with van der Waals surface area (Å²) < 4.78 is 1.31. The van der Waals surface area contributed by atoms with Gasteiger partial charge >= 0.3 is 0 Å². The predicted octanol–water partition coefficient (Wildman–Crippen LogP) is 4.63. The Morgan fingerprint density at radius 2 is 1.83 bits per heavy atom. The largest absolute Gasteiger partial charge is 0.391 e. The lowest BCUT2D eigenvalue weighted by Crippen LogP contribution is -1.78. The second-order valence-corrected chi connectivity index (χ2v) is 5.89. The zero-order valence-electron chi connectivity index (χ0n) is 9.67. The van der Waals surface area contributed by atoms with Gasteiger partial charge in [-0.2, -0.15) is 0 Å². The number of aliphatic hydroxyl groups is 1. The van der Waals surface area contributed by atoms with Crippen molar-refractivity contribution in [2.75, 3.05) is 0 Å². The first kappa shape index (κ1) is 11.7. The maximum atomic E-state index is 9.21. The van der Waals surface area contributed by atoms with Crippen molar-refractivity contribution in [2.45, 2.75) is 6.61 Å². The van der Waals surface area contributed by atoms with Crippen LogP contribution < -0.4 is 0 Å². The highest BCUT2D eigenvalue weighted by molar-refractivity contribution is 7.17.